The molecule has 2 unspecified atom stereocenters. The molecular formula is C26H31NO3. The summed E-state index contributed by atoms with van der Waals surface area (Å²) in [5.41, 5.74) is 1.92. The molecule has 0 aromatic heterocycles. The highest BCUT2D eigenvalue weighted by atomic mass is 16.5. The number of hydrogen-bond acceptors (Lipinski definition) is 4. The maximum absolute atomic E-state index is 11.9. The molecule has 0 amide bonds. The highest BCUT2D eigenvalue weighted by molar-refractivity contribution is 6.08. The number of ketones is 1. The van der Waals surface area contributed by atoms with Crippen LogP contribution in [-0.4, -0.2) is 31.6 Å². The minimum absolute atomic E-state index is 0.0280. The summed E-state index contributed by atoms with van der Waals surface area (Å²) in [6, 6.07) is 22.2. The van der Waals surface area contributed by atoms with Gasteiger partial charge in [0.25, 0.3) is 0 Å². The van der Waals surface area contributed by atoms with Crippen LogP contribution in [0.1, 0.15) is 49.2 Å². The standard InChI is InChI=1S/C26H31NO3/c1-4-29-26(21-11-6-5-7-12-21)19(2)27-17-10-18-30-25-16-15-22(20(3)28)23-13-8-9-14-24(23)25/h5-9,11-16,19,26-27H,4,10,17-18H2,1-3H3. The van der Waals surface area contributed by atoms with E-state index >= 15 is 0 Å². The topological polar surface area (TPSA) is 47.6 Å². The van der Waals surface area contributed by atoms with Crippen LogP contribution in [0.5, 0.6) is 5.75 Å². The van der Waals surface area contributed by atoms with Gasteiger partial charge in [-0.15, -0.1) is 0 Å². The molecule has 1 N–H and O–H groups in total. The number of benzene rings is 3. The Hall–Kier alpha value is -2.69. The second-order valence-corrected chi connectivity index (χ2v) is 7.44. The molecule has 30 heavy (non-hydrogen) atoms. The van der Waals surface area contributed by atoms with Crippen molar-refractivity contribution in [1.82, 2.24) is 5.32 Å². The molecule has 2 atom stereocenters. The molecule has 4 nitrogen and oxygen atoms in total. The zero-order chi connectivity index (χ0) is 21.3. The zero-order valence-electron chi connectivity index (χ0n) is 18.1. The summed E-state index contributed by atoms with van der Waals surface area (Å²) in [4.78, 5) is 11.9. The van der Waals surface area contributed by atoms with Crippen molar-refractivity contribution in [2.75, 3.05) is 19.8 Å². The first kappa shape index (κ1) is 22.0. The van der Waals surface area contributed by atoms with Gasteiger partial charge in [0.15, 0.2) is 5.78 Å². The Morgan fingerprint density at radius 3 is 2.37 bits per heavy atom. The van der Waals surface area contributed by atoms with Crippen LogP contribution < -0.4 is 10.1 Å². The van der Waals surface area contributed by atoms with E-state index in [4.69, 9.17) is 9.47 Å². The van der Waals surface area contributed by atoms with Crippen molar-refractivity contribution in [2.24, 2.45) is 0 Å². The van der Waals surface area contributed by atoms with Crippen LogP contribution in [0.25, 0.3) is 10.8 Å². The first-order valence-electron chi connectivity index (χ1n) is 10.7. The summed E-state index contributed by atoms with van der Waals surface area (Å²) in [7, 11) is 0. The van der Waals surface area contributed by atoms with E-state index in [1.54, 1.807) is 6.92 Å². The fourth-order valence-electron chi connectivity index (χ4n) is 3.75. The third-order valence-corrected chi connectivity index (χ3v) is 5.24. The smallest absolute Gasteiger partial charge is 0.160 e. The van der Waals surface area contributed by atoms with Gasteiger partial charge in [0.2, 0.25) is 0 Å². The van der Waals surface area contributed by atoms with Crippen LogP contribution >= 0.6 is 0 Å². The maximum Gasteiger partial charge on any atom is 0.160 e. The average molecular weight is 406 g/mol. The summed E-state index contributed by atoms with van der Waals surface area (Å²) in [6.07, 6.45) is 0.904. The van der Waals surface area contributed by atoms with E-state index in [0.717, 1.165) is 35.1 Å². The van der Waals surface area contributed by atoms with Gasteiger partial charge in [-0.05, 0) is 56.8 Å². The summed E-state index contributed by atoms with van der Waals surface area (Å²) < 4.78 is 12.0. The Kier molecular flexibility index (Phi) is 8.00. The maximum atomic E-state index is 11.9. The van der Waals surface area contributed by atoms with Crippen molar-refractivity contribution >= 4 is 16.6 Å². The van der Waals surface area contributed by atoms with Crippen molar-refractivity contribution in [3.8, 4) is 5.75 Å². The minimum atomic E-state index is 0.0280. The molecule has 0 spiro atoms. The van der Waals surface area contributed by atoms with Crippen LogP contribution in [0.4, 0.5) is 0 Å². The molecule has 158 valence electrons. The number of carbonyl (C=O) groups excluding carboxylic acids is 1. The number of carbonyl (C=O) groups is 1. The van der Waals surface area contributed by atoms with Gasteiger partial charge in [0, 0.05) is 23.6 Å². The summed E-state index contributed by atoms with van der Waals surface area (Å²) in [6.45, 7) is 7.90. The van der Waals surface area contributed by atoms with Gasteiger partial charge in [-0.2, -0.15) is 0 Å². The Morgan fingerprint density at radius 1 is 0.967 bits per heavy atom. The number of ether oxygens (including phenoxy) is 2. The lowest BCUT2D eigenvalue weighted by molar-refractivity contribution is 0.0377. The number of rotatable bonds is 11. The van der Waals surface area contributed by atoms with Gasteiger partial charge in [0.05, 0.1) is 12.7 Å². The molecule has 0 saturated heterocycles. The SMILES string of the molecule is CCOC(c1ccccc1)C(C)NCCCOc1ccc(C(C)=O)c2ccccc12. The number of fused-ring (bicyclic) bond motifs is 1. The molecule has 0 saturated carbocycles. The normalized spacial score (nSPS) is 13.2. The van der Waals surface area contributed by atoms with Crippen LogP contribution in [0.2, 0.25) is 0 Å². The van der Waals surface area contributed by atoms with Gasteiger partial charge >= 0.3 is 0 Å². The van der Waals surface area contributed by atoms with Crippen LogP contribution in [0.3, 0.4) is 0 Å². The van der Waals surface area contributed by atoms with Gasteiger partial charge in [-0.25, -0.2) is 0 Å². The first-order valence-corrected chi connectivity index (χ1v) is 10.7. The molecule has 3 rings (SSSR count). The number of nitrogens with one attached hydrogen (secondary N) is 1. The summed E-state index contributed by atoms with van der Waals surface area (Å²) >= 11 is 0. The summed E-state index contributed by atoms with van der Waals surface area (Å²) in [5.74, 6) is 0.887. The molecule has 3 aromatic carbocycles. The third-order valence-electron chi connectivity index (χ3n) is 5.24. The van der Waals surface area contributed by atoms with Crippen molar-refractivity contribution in [3.63, 3.8) is 0 Å². The lowest BCUT2D eigenvalue weighted by Crippen LogP contribution is -2.34. The summed E-state index contributed by atoms with van der Waals surface area (Å²) in [5, 5.41) is 5.48. The quantitative estimate of drug-likeness (QED) is 0.335. The van der Waals surface area contributed by atoms with E-state index in [2.05, 4.69) is 24.4 Å². The predicted molar refractivity (Wildman–Crippen MR) is 122 cm³/mol. The molecule has 0 radical (unpaired) electrons. The minimum Gasteiger partial charge on any atom is -0.493 e. The Morgan fingerprint density at radius 2 is 1.67 bits per heavy atom. The van der Waals surface area contributed by atoms with Crippen molar-refractivity contribution in [2.45, 2.75) is 39.3 Å². The van der Waals surface area contributed by atoms with E-state index in [-0.39, 0.29) is 17.9 Å². The fourth-order valence-corrected chi connectivity index (χ4v) is 3.75. The number of Topliss-reactive ketones (excluding diaryl/α,β-unsaturated/α-hetero) is 1. The van der Waals surface area contributed by atoms with E-state index in [9.17, 15) is 4.79 Å². The van der Waals surface area contributed by atoms with Gasteiger partial charge in [-0.1, -0.05) is 54.6 Å². The lowest BCUT2D eigenvalue weighted by Gasteiger charge is -2.25. The van der Waals surface area contributed by atoms with E-state index < -0.39 is 0 Å². The molecule has 3 aromatic rings. The van der Waals surface area contributed by atoms with E-state index in [1.807, 2.05) is 61.5 Å². The van der Waals surface area contributed by atoms with Crippen LogP contribution in [-0.2, 0) is 4.74 Å². The van der Waals surface area contributed by atoms with E-state index in [0.29, 0.717) is 13.2 Å². The van der Waals surface area contributed by atoms with Crippen molar-refractivity contribution in [1.29, 1.82) is 0 Å². The molecule has 0 aliphatic heterocycles. The highest BCUT2D eigenvalue weighted by Gasteiger charge is 2.18. The van der Waals surface area contributed by atoms with Gasteiger partial charge in [0.1, 0.15) is 5.75 Å². The van der Waals surface area contributed by atoms with Gasteiger partial charge < -0.3 is 14.8 Å². The Balaban J connectivity index is 1.54. The number of hydrogen-bond donors (Lipinski definition) is 1. The monoisotopic (exact) mass is 405 g/mol. The highest BCUT2D eigenvalue weighted by Crippen LogP contribution is 2.29. The molecule has 0 fully saturated rings. The first-order chi connectivity index (χ1) is 14.6. The molecule has 0 aliphatic carbocycles. The largest absolute Gasteiger partial charge is 0.493 e. The fraction of sp³-hybridized carbons (Fsp3) is 0.346. The average Bonchev–Trinajstić information content (AvgIpc) is 2.77. The van der Waals surface area contributed by atoms with E-state index in [1.165, 1.54) is 5.56 Å². The molecule has 4 heteroatoms. The van der Waals surface area contributed by atoms with Crippen molar-refractivity contribution in [3.05, 3.63) is 77.9 Å². The molecule has 0 aliphatic rings. The van der Waals surface area contributed by atoms with Crippen LogP contribution in [0.15, 0.2) is 66.7 Å². The molecule has 0 heterocycles. The predicted octanol–water partition coefficient (Wildman–Crippen LogP) is 5.57. The Bertz CT molecular complexity index is 955. The molecule has 0 bridgehead atoms. The van der Waals surface area contributed by atoms with Crippen LogP contribution in [0, 0.1) is 0 Å². The zero-order valence-corrected chi connectivity index (χ0v) is 18.1. The van der Waals surface area contributed by atoms with Crippen molar-refractivity contribution < 1.29 is 14.3 Å². The van der Waals surface area contributed by atoms with Gasteiger partial charge in [-0.3, -0.25) is 4.79 Å². The lowest BCUT2D eigenvalue weighted by atomic mass is 10.0. The Labute approximate surface area is 179 Å². The molecular weight excluding hydrogens is 374 g/mol. The second-order valence-electron chi connectivity index (χ2n) is 7.44. The third kappa shape index (κ3) is 5.47. The second kappa shape index (κ2) is 10.9.